The first-order valence-corrected chi connectivity index (χ1v) is 12.5. The van der Waals surface area contributed by atoms with E-state index in [0.29, 0.717) is 34.3 Å². The molecule has 186 valence electrons. The number of carbonyl (C=O) groups is 1. The highest BCUT2D eigenvalue weighted by atomic mass is 79.9. The van der Waals surface area contributed by atoms with Gasteiger partial charge in [0.2, 0.25) is 0 Å². The summed E-state index contributed by atoms with van der Waals surface area (Å²) in [4.78, 5) is 17.2. The lowest BCUT2D eigenvalue weighted by atomic mass is 10.1. The zero-order valence-corrected chi connectivity index (χ0v) is 22.0. The second kappa shape index (κ2) is 10.9. The van der Waals surface area contributed by atoms with Gasteiger partial charge in [0.1, 0.15) is 11.6 Å². The molecule has 8 nitrogen and oxygen atoms in total. The van der Waals surface area contributed by atoms with Gasteiger partial charge in [-0.15, -0.1) is 0 Å². The third-order valence-electron chi connectivity index (χ3n) is 5.62. The number of ether oxygens (including phenoxy) is 1. The van der Waals surface area contributed by atoms with Crippen LogP contribution in [-0.2, 0) is 6.54 Å². The highest BCUT2D eigenvalue weighted by molar-refractivity contribution is 9.10. The summed E-state index contributed by atoms with van der Waals surface area (Å²) in [5, 5.41) is 14.1. The minimum atomic E-state index is -0.356. The molecular formula is C27H22BrClN6O2. The van der Waals surface area contributed by atoms with E-state index < -0.39 is 0 Å². The maximum Gasteiger partial charge on any atom is 0.323 e. The number of urea groups is 1. The number of para-hydroxylation sites is 2. The van der Waals surface area contributed by atoms with Crippen LogP contribution in [0.4, 0.5) is 22.0 Å². The number of nitrogens with zero attached hydrogens (tertiary/aromatic N) is 3. The Morgan fingerprint density at radius 2 is 1.78 bits per heavy atom. The lowest BCUT2D eigenvalue weighted by Crippen LogP contribution is -2.19. The van der Waals surface area contributed by atoms with Crippen LogP contribution in [0.1, 0.15) is 5.56 Å². The molecule has 0 bridgehead atoms. The molecular weight excluding hydrogens is 556 g/mol. The third-order valence-corrected chi connectivity index (χ3v) is 6.51. The number of amides is 2. The largest absolute Gasteiger partial charge is 0.495 e. The van der Waals surface area contributed by atoms with Gasteiger partial charge in [-0.2, -0.15) is 9.61 Å². The molecule has 0 aliphatic heterocycles. The molecule has 2 amide bonds. The Labute approximate surface area is 226 Å². The summed E-state index contributed by atoms with van der Waals surface area (Å²) < 4.78 is 7.80. The Kier molecular flexibility index (Phi) is 7.25. The van der Waals surface area contributed by atoms with Crippen molar-refractivity contribution in [3.05, 3.63) is 100 Å². The summed E-state index contributed by atoms with van der Waals surface area (Å²) in [7, 11) is 1.56. The van der Waals surface area contributed by atoms with Crippen LogP contribution in [0.3, 0.4) is 0 Å². The maximum atomic E-state index is 12.4. The summed E-state index contributed by atoms with van der Waals surface area (Å²) in [6, 6.07) is 24.0. The van der Waals surface area contributed by atoms with E-state index in [0.717, 1.165) is 27.1 Å². The second-order valence-corrected chi connectivity index (χ2v) is 9.33. The van der Waals surface area contributed by atoms with Gasteiger partial charge in [-0.25, -0.2) is 9.78 Å². The second-order valence-electron chi connectivity index (χ2n) is 8.06. The van der Waals surface area contributed by atoms with Gasteiger partial charge >= 0.3 is 6.03 Å². The number of anilines is 3. The zero-order valence-electron chi connectivity index (χ0n) is 19.7. The molecule has 5 aromatic rings. The lowest BCUT2D eigenvalue weighted by Gasteiger charge is -2.13. The number of methoxy groups -OCH3 is 1. The van der Waals surface area contributed by atoms with Crippen molar-refractivity contribution in [3.8, 4) is 17.0 Å². The van der Waals surface area contributed by atoms with Crippen molar-refractivity contribution in [3.63, 3.8) is 0 Å². The molecule has 2 heterocycles. The molecule has 5 rings (SSSR count). The number of benzene rings is 3. The Bertz CT molecular complexity index is 1570. The van der Waals surface area contributed by atoms with Gasteiger partial charge in [0.25, 0.3) is 0 Å². The van der Waals surface area contributed by atoms with Gasteiger partial charge < -0.3 is 20.7 Å². The molecule has 0 fully saturated rings. The Morgan fingerprint density at radius 1 is 1.03 bits per heavy atom. The van der Waals surface area contributed by atoms with Crippen molar-refractivity contribution in [2.45, 2.75) is 6.54 Å². The van der Waals surface area contributed by atoms with Gasteiger partial charge in [0.15, 0.2) is 5.65 Å². The summed E-state index contributed by atoms with van der Waals surface area (Å²) in [6.45, 7) is 0.534. The van der Waals surface area contributed by atoms with Crippen molar-refractivity contribution < 1.29 is 9.53 Å². The van der Waals surface area contributed by atoms with Crippen molar-refractivity contribution in [2.75, 3.05) is 23.1 Å². The Hall–Kier alpha value is -4.08. The van der Waals surface area contributed by atoms with E-state index in [2.05, 4.69) is 37.0 Å². The predicted octanol–water partition coefficient (Wildman–Crippen LogP) is 7.08. The van der Waals surface area contributed by atoms with Crippen LogP contribution < -0.4 is 20.7 Å². The van der Waals surface area contributed by atoms with Gasteiger partial charge in [0.05, 0.1) is 29.2 Å². The van der Waals surface area contributed by atoms with Crippen molar-refractivity contribution in [2.24, 2.45) is 0 Å². The van der Waals surface area contributed by atoms with Gasteiger partial charge in [0, 0.05) is 28.9 Å². The molecule has 0 spiro atoms. The van der Waals surface area contributed by atoms with Crippen LogP contribution >= 0.6 is 27.5 Å². The fourth-order valence-corrected chi connectivity index (χ4v) is 4.38. The van der Waals surface area contributed by atoms with Crippen molar-refractivity contribution >= 4 is 56.4 Å². The van der Waals surface area contributed by atoms with E-state index in [-0.39, 0.29) is 6.03 Å². The molecule has 0 saturated carbocycles. The van der Waals surface area contributed by atoms with Crippen LogP contribution in [-0.4, -0.2) is 27.7 Å². The van der Waals surface area contributed by atoms with Crippen LogP contribution in [0.15, 0.2) is 89.5 Å². The molecule has 0 saturated heterocycles. The first-order valence-electron chi connectivity index (χ1n) is 11.3. The number of halogens is 2. The molecule has 0 aliphatic rings. The zero-order chi connectivity index (χ0) is 25.8. The van der Waals surface area contributed by atoms with Crippen molar-refractivity contribution in [1.29, 1.82) is 0 Å². The van der Waals surface area contributed by atoms with E-state index in [1.165, 1.54) is 0 Å². The third kappa shape index (κ3) is 5.52. The van der Waals surface area contributed by atoms with Crippen molar-refractivity contribution in [1.82, 2.24) is 14.6 Å². The fourth-order valence-electron chi connectivity index (χ4n) is 3.80. The SMILES string of the molecule is COc1ccccc1NC(=O)Nc1ccc(CNc2cc(-c3ccccc3Cl)nc3c(Br)cnn23)cc1. The van der Waals surface area contributed by atoms with Crippen LogP contribution in [0, 0.1) is 0 Å². The van der Waals surface area contributed by atoms with Gasteiger partial charge in [-0.3, -0.25) is 0 Å². The molecule has 0 radical (unpaired) electrons. The molecule has 37 heavy (non-hydrogen) atoms. The van der Waals surface area contributed by atoms with Crippen LogP contribution in [0.2, 0.25) is 5.02 Å². The monoisotopic (exact) mass is 576 g/mol. The summed E-state index contributed by atoms with van der Waals surface area (Å²) in [6.07, 6.45) is 1.71. The molecule has 0 aliphatic carbocycles. The van der Waals surface area contributed by atoms with E-state index in [1.807, 2.05) is 66.7 Å². The van der Waals surface area contributed by atoms with E-state index in [9.17, 15) is 4.79 Å². The summed E-state index contributed by atoms with van der Waals surface area (Å²) >= 11 is 9.95. The molecule has 10 heteroatoms. The number of nitrogens with one attached hydrogen (secondary N) is 3. The number of fused-ring (bicyclic) bond motifs is 1. The molecule has 0 atom stereocenters. The molecule has 2 aromatic heterocycles. The number of rotatable bonds is 7. The number of aromatic nitrogens is 3. The first kappa shape index (κ1) is 24.6. The lowest BCUT2D eigenvalue weighted by molar-refractivity contribution is 0.262. The van der Waals surface area contributed by atoms with Crippen LogP contribution in [0.25, 0.3) is 16.9 Å². The quantitative estimate of drug-likeness (QED) is 0.192. The molecule has 3 aromatic carbocycles. The minimum absolute atomic E-state index is 0.356. The first-order chi connectivity index (χ1) is 18.0. The molecule has 3 N–H and O–H groups in total. The fraction of sp³-hybridized carbons (Fsp3) is 0.0741. The normalized spacial score (nSPS) is 10.8. The Morgan fingerprint density at radius 3 is 2.57 bits per heavy atom. The number of carbonyl (C=O) groups excluding carboxylic acids is 1. The highest BCUT2D eigenvalue weighted by Crippen LogP contribution is 2.30. The maximum absolute atomic E-state index is 12.4. The van der Waals surface area contributed by atoms with E-state index in [4.69, 9.17) is 21.3 Å². The average molecular weight is 578 g/mol. The van der Waals surface area contributed by atoms with Crippen LogP contribution in [0.5, 0.6) is 5.75 Å². The number of hydrogen-bond donors (Lipinski definition) is 3. The topological polar surface area (TPSA) is 92.6 Å². The minimum Gasteiger partial charge on any atom is -0.495 e. The standard InChI is InChI=1S/C27H22BrClN6O2/c1-37-24-9-5-4-8-22(24)34-27(36)32-18-12-10-17(11-13-18)15-30-25-14-23(19-6-2-3-7-21(19)29)33-26-20(28)16-31-35(25)26/h2-14,16,30H,15H2,1H3,(H2,32,34,36). The smallest absolute Gasteiger partial charge is 0.323 e. The Balaban J connectivity index is 1.29. The summed E-state index contributed by atoms with van der Waals surface area (Å²) in [5.41, 5.74) is 4.53. The summed E-state index contributed by atoms with van der Waals surface area (Å²) in [5.74, 6) is 1.36. The van der Waals surface area contributed by atoms with Gasteiger partial charge in [-0.1, -0.05) is 54.1 Å². The van der Waals surface area contributed by atoms with Gasteiger partial charge in [-0.05, 0) is 51.8 Å². The van der Waals surface area contributed by atoms with E-state index >= 15 is 0 Å². The van der Waals surface area contributed by atoms with E-state index in [1.54, 1.807) is 30.0 Å². The average Bonchev–Trinajstić information content (AvgIpc) is 3.29. The highest BCUT2D eigenvalue weighted by Gasteiger charge is 2.13. The number of hydrogen-bond acceptors (Lipinski definition) is 5. The predicted molar refractivity (Wildman–Crippen MR) is 151 cm³/mol. The molecule has 0 unspecified atom stereocenters.